The minimum absolute atomic E-state index is 0.0189. The molecule has 0 aliphatic heterocycles. The van der Waals surface area contributed by atoms with E-state index in [0.717, 1.165) is 64.2 Å². The van der Waals surface area contributed by atoms with E-state index in [4.69, 9.17) is 9.84 Å². The van der Waals surface area contributed by atoms with Crippen LogP contribution in [0.4, 0.5) is 0 Å². The van der Waals surface area contributed by atoms with E-state index in [0.29, 0.717) is 12.8 Å². The fourth-order valence-electron chi connectivity index (χ4n) is 6.69. The molecule has 294 valence electrons. The van der Waals surface area contributed by atoms with E-state index in [2.05, 4.69) is 31.3 Å². The van der Waals surface area contributed by atoms with Crippen LogP contribution in [0.2, 0.25) is 0 Å². The van der Waals surface area contributed by atoms with Gasteiger partial charge in [0.25, 0.3) is 0 Å². The van der Waals surface area contributed by atoms with Gasteiger partial charge in [-0.25, -0.2) is 0 Å². The molecule has 0 fully saturated rings. The summed E-state index contributed by atoms with van der Waals surface area (Å²) in [5.74, 6) is -1.22. The van der Waals surface area contributed by atoms with Crippen molar-refractivity contribution >= 4 is 17.8 Å². The summed E-state index contributed by atoms with van der Waals surface area (Å²) in [5, 5.41) is 11.1. The second-order valence-corrected chi connectivity index (χ2v) is 15.0. The maximum Gasteiger partial charge on any atom is 0.322 e. The van der Waals surface area contributed by atoms with Gasteiger partial charge in [-0.2, -0.15) is 0 Å². The fourth-order valence-corrected chi connectivity index (χ4v) is 6.69. The van der Waals surface area contributed by atoms with Crippen molar-refractivity contribution in [1.82, 2.24) is 5.32 Å². The first-order chi connectivity index (χ1) is 24.5. The van der Waals surface area contributed by atoms with Crippen molar-refractivity contribution in [2.45, 2.75) is 245 Å². The molecule has 0 aromatic carbocycles. The summed E-state index contributed by atoms with van der Waals surface area (Å²) in [6, 6.07) is 0. The molecule has 0 saturated carbocycles. The van der Waals surface area contributed by atoms with Gasteiger partial charge in [0.05, 0.1) is 0 Å². The number of hydrogen-bond acceptors (Lipinski definition) is 4. The van der Waals surface area contributed by atoms with E-state index in [1.165, 1.54) is 148 Å². The number of ether oxygens (including phenoxy) is 1. The second kappa shape index (κ2) is 39.9. The van der Waals surface area contributed by atoms with Crippen molar-refractivity contribution in [2.75, 3.05) is 6.54 Å². The molecule has 0 aromatic heterocycles. The quantitative estimate of drug-likeness (QED) is 0.0376. The molecule has 6 nitrogen and oxygen atoms in total. The Kier molecular flexibility index (Phi) is 38.5. The lowest BCUT2D eigenvalue weighted by molar-refractivity contribution is -0.150. The lowest BCUT2D eigenvalue weighted by atomic mass is 10.0. The maximum absolute atomic E-state index is 12.7. The number of esters is 1. The Balaban J connectivity index is 4.13. The van der Waals surface area contributed by atoms with Crippen molar-refractivity contribution in [3.8, 4) is 0 Å². The van der Waals surface area contributed by atoms with Gasteiger partial charge in [0.2, 0.25) is 5.91 Å². The summed E-state index contributed by atoms with van der Waals surface area (Å²) >= 11 is 0. The van der Waals surface area contributed by atoms with Crippen LogP contribution >= 0.6 is 0 Å². The molecule has 0 saturated heterocycles. The Hall–Kier alpha value is -1.85. The van der Waals surface area contributed by atoms with E-state index >= 15 is 0 Å². The van der Waals surface area contributed by atoms with Gasteiger partial charge >= 0.3 is 11.9 Å². The molecule has 6 heteroatoms. The number of unbranched alkanes of at least 4 members (excludes halogenated alkanes) is 27. The highest BCUT2D eigenvalue weighted by Crippen LogP contribution is 2.19. The normalized spacial score (nSPS) is 12.0. The van der Waals surface area contributed by atoms with Crippen molar-refractivity contribution < 1.29 is 24.2 Å². The number of aliphatic carboxylic acids is 1. The van der Waals surface area contributed by atoms with Crippen LogP contribution in [0.3, 0.4) is 0 Å². The third-order valence-electron chi connectivity index (χ3n) is 9.94. The van der Waals surface area contributed by atoms with Crippen molar-refractivity contribution in [1.29, 1.82) is 0 Å². The first-order valence-corrected chi connectivity index (χ1v) is 21.8. The summed E-state index contributed by atoms with van der Waals surface area (Å²) in [6.07, 6.45) is 46.2. The number of allylic oxidation sites excluding steroid dienone is 2. The van der Waals surface area contributed by atoms with E-state index in [-0.39, 0.29) is 24.5 Å². The largest absolute Gasteiger partial charge is 0.480 e. The van der Waals surface area contributed by atoms with Gasteiger partial charge in [-0.15, -0.1) is 0 Å². The summed E-state index contributed by atoms with van der Waals surface area (Å²) in [5.41, 5.74) is 0. The molecule has 0 aliphatic rings. The third-order valence-corrected chi connectivity index (χ3v) is 9.94. The zero-order valence-corrected chi connectivity index (χ0v) is 33.3. The molecule has 0 spiro atoms. The molecule has 1 unspecified atom stereocenters. The molecular formula is C44H83NO5. The average molecular weight is 706 g/mol. The number of amides is 1. The van der Waals surface area contributed by atoms with Gasteiger partial charge in [-0.05, 0) is 64.2 Å². The summed E-state index contributed by atoms with van der Waals surface area (Å²) in [6.45, 7) is 4.24. The number of carboxylic acid groups (broad SMARTS) is 1. The maximum atomic E-state index is 12.7. The fraction of sp³-hybridized carbons (Fsp3) is 0.886. The minimum atomic E-state index is -1.01. The smallest absolute Gasteiger partial charge is 0.322 e. The van der Waals surface area contributed by atoms with Crippen LogP contribution in [0, 0.1) is 0 Å². The van der Waals surface area contributed by atoms with Crippen LogP contribution in [0.15, 0.2) is 12.2 Å². The zero-order valence-electron chi connectivity index (χ0n) is 33.3. The second-order valence-electron chi connectivity index (χ2n) is 15.0. The standard InChI is InChI=1S/C44H83NO5/c1-3-5-7-9-11-13-15-17-18-19-20-22-24-26-31-35-39-44(49)50-41(36-32-28-25-23-21-16-14-12-10-8-6-4-2)37-33-29-27-30-34-38-42(46)45-40-43(47)48/h18-19,41H,3-17,20-40H2,1-2H3,(H,45,46)(H,47,48)/b19-18-. The Labute approximate surface area is 310 Å². The van der Waals surface area contributed by atoms with Gasteiger partial charge in [-0.3, -0.25) is 14.4 Å². The van der Waals surface area contributed by atoms with Crippen LogP contribution in [-0.2, 0) is 19.1 Å². The van der Waals surface area contributed by atoms with Crippen molar-refractivity contribution in [3.05, 3.63) is 12.2 Å². The molecule has 0 heterocycles. The predicted octanol–water partition coefficient (Wildman–Crippen LogP) is 13.3. The summed E-state index contributed by atoms with van der Waals surface area (Å²) < 4.78 is 6.03. The molecule has 0 aromatic rings. The number of nitrogens with one attached hydrogen (secondary N) is 1. The summed E-state index contributed by atoms with van der Waals surface area (Å²) in [4.78, 5) is 35.0. The molecule has 0 aliphatic carbocycles. The van der Waals surface area contributed by atoms with Gasteiger partial charge in [0.1, 0.15) is 12.6 Å². The molecular weight excluding hydrogens is 622 g/mol. The first-order valence-electron chi connectivity index (χ1n) is 21.8. The van der Waals surface area contributed by atoms with Gasteiger partial charge in [-0.1, -0.05) is 174 Å². The van der Waals surface area contributed by atoms with Crippen molar-refractivity contribution in [3.63, 3.8) is 0 Å². The Morgan fingerprint density at radius 3 is 1.28 bits per heavy atom. The number of hydrogen-bond donors (Lipinski definition) is 2. The molecule has 0 rings (SSSR count). The van der Waals surface area contributed by atoms with E-state index in [1.807, 2.05) is 0 Å². The number of rotatable bonds is 40. The number of carbonyl (C=O) groups excluding carboxylic acids is 2. The van der Waals surface area contributed by atoms with E-state index < -0.39 is 5.97 Å². The van der Waals surface area contributed by atoms with Crippen LogP contribution in [0.1, 0.15) is 239 Å². The third kappa shape index (κ3) is 38.9. The van der Waals surface area contributed by atoms with Crippen LogP contribution < -0.4 is 5.32 Å². The average Bonchev–Trinajstić information content (AvgIpc) is 3.10. The number of carbonyl (C=O) groups is 3. The number of carboxylic acids is 1. The molecule has 1 amide bonds. The van der Waals surface area contributed by atoms with E-state index in [1.54, 1.807) is 0 Å². The highest BCUT2D eigenvalue weighted by atomic mass is 16.5. The van der Waals surface area contributed by atoms with Crippen LogP contribution in [0.25, 0.3) is 0 Å². The monoisotopic (exact) mass is 706 g/mol. The lowest BCUT2D eigenvalue weighted by Crippen LogP contribution is -2.28. The zero-order chi connectivity index (χ0) is 36.6. The van der Waals surface area contributed by atoms with E-state index in [9.17, 15) is 14.4 Å². The minimum Gasteiger partial charge on any atom is -0.480 e. The van der Waals surface area contributed by atoms with Crippen LogP contribution in [-0.4, -0.2) is 35.6 Å². The lowest BCUT2D eigenvalue weighted by Gasteiger charge is -2.18. The van der Waals surface area contributed by atoms with Gasteiger partial charge in [0.15, 0.2) is 0 Å². The molecule has 2 N–H and O–H groups in total. The summed E-state index contributed by atoms with van der Waals surface area (Å²) in [7, 11) is 0. The van der Waals surface area contributed by atoms with Gasteiger partial charge in [0, 0.05) is 12.8 Å². The molecule has 50 heavy (non-hydrogen) atoms. The highest BCUT2D eigenvalue weighted by molar-refractivity contribution is 5.80. The van der Waals surface area contributed by atoms with Crippen LogP contribution in [0.5, 0.6) is 0 Å². The topological polar surface area (TPSA) is 92.7 Å². The Bertz CT molecular complexity index is 782. The van der Waals surface area contributed by atoms with Crippen molar-refractivity contribution in [2.24, 2.45) is 0 Å². The SMILES string of the molecule is CCCCCCCCC/C=C\CCCCCCCC(=O)OC(CCCCCCCCCCCCCC)CCCCCCCC(=O)NCC(=O)O. The van der Waals surface area contributed by atoms with Gasteiger partial charge < -0.3 is 15.2 Å². The first kappa shape index (κ1) is 48.1. The predicted molar refractivity (Wildman–Crippen MR) is 213 cm³/mol. The molecule has 0 radical (unpaired) electrons. The Morgan fingerprint density at radius 2 is 0.860 bits per heavy atom. The highest BCUT2D eigenvalue weighted by Gasteiger charge is 2.14. The molecule has 1 atom stereocenters. The molecule has 0 bridgehead atoms. The Morgan fingerprint density at radius 1 is 0.500 bits per heavy atom.